The minimum absolute atomic E-state index is 0. The summed E-state index contributed by atoms with van der Waals surface area (Å²) in [4.78, 5) is 21.0. The second-order valence-electron chi connectivity index (χ2n) is 8.79. The highest BCUT2D eigenvalue weighted by Gasteiger charge is 2.22. The van der Waals surface area contributed by atoms with Gasteiger partial charge in [-0.15, -0.1) is 24.0 Å². The van der Waals surface area contributed by atoms with Crippen molar-refractivity contribution in [2.24, 2.45) is 22.6 Å². The third-order valence-corrected chi connectivity index (χ3v) is 6.31. The molecule has 0 bridgehead atoms. The smallest absolute Gasteiger partial charge is 0.220 e. The maximum absolute atomic E-state index is 11.2. The molecule has 2 aliphatic rings. The molecule has 2 rings (SSSR count). The Labute approximate surface area is 201 Å². The third-order valence-electron chi connectivity index (χ3n) is 6.31. The first-order chi connectivity index (χ1) is 14.1. The Morgan fingerprint density at radius 2 is 1.57 bits per heavy atom. The Morgan fingerprint density at radius 1 is 0.967 bits per heavy atom. The Kier molecular flexibility index (Phi) is 14.7. The molecule has 0 aromatic rings. The molecule has 0 aliphatic carbocycles. The standard InChI is InChI=1S/C22H44N6O.HI/c1-3-24-22(26-12-6-14-28-15-7-19(2)8-16-28)25-11-4-5-13-27-17-9-20(10-18-27)21(23)29;/h19-20H,3-18H2,1-2H3,(H2,23,29)(H2,24,25,26);1H. The van der Waals surface area contributed by atoms with E-state index >= 15 is 0 Å². The van der Waals surface area contributed by atoms with Crippen molar-refractivity contribution in [3.8, 4) is 0 Å². The largest absolute Gasteiger partial charge is 0.369 e. The first-order valence-electron chi connectivity index (χ1n) is 11.8. The van der Waals surface area contributed by atoms with Gasteiger partial charge >= 0.3 is 0 Å². The molecule has 30 heavy (non-hydrogen) atoms. The Hall–Kier alpha value is -0.610. The number of carbonyl (C=O) groups excluding carboxylic acids is 1. The second-order valence-corrected chi connectivity index (χ2v) is 8.79. The van der Waals surface area contributed by atoms with Gasteiger partial charge in [-0.3, -0.25) is 9.79 Å². The van der Waals surface area contributed by atoms with Crippen molar-refractivity contribution >= 4 is 35.8 Å². The molecule has 0 aromatic heterocycles. The molecular weight excluding hydrogens is 491 g/mol. The number of carbonyl (C=O) groups is 1. The van der Waals surface area contributed by atoms with Crippen LogP contribution in [-0.2, 0) is 4.79 Å². The number of nitrogens with zero attached hydrogens (tertiary/aromatic N) is 3. The van der Waals surface area contributed by atoms with Crippen LogP contribution in [0.5, 0.6) is 0 Å². The van der Waals surface area contributed by atoms with Gasteiger partial charge in [-0.2, -0.15) is 0 Å². The number of rotatable bonds is 11. The zero-order chi connectivity index (χ0) is 20.9. The summed E-state index contributed by atoms with van der Waals surface area (Å²) in [6.07, 6.45) is 7.95. The molecule has 2 aliphatic heterocycles. The lowest BCUT2D eigenvalue weighted by atomic mass is 9.96. The number of halogens is 1. The molecule has 4 N–H and O–H groups in total. The van der Waals surface area contributed by atoms with Crippen molar-refractivity contribution in [2.45, 2.75) is 58.8 Å². The summed E-state index contributed by atoms with van der Waals surface area (Å²) in [5.41, 5.74) is 5.41. The van der Waals surface area contributed by atoms with Crippen LogP contribution in [0.3, 0.4) is 0 Å². The Balaban J connectivity index is 0.00000450. The van der Waals surface area contributed by atoms with Crippen LogP contribution in [0.2, 0.25) is 0 Å². The summed E-state index contributed by atoms with van der Waals surface area (Å²) < 4.78 is 0. The monoisotopic (exact) mass is 536 g/mol. The van der Waals surface area contributed by atoms with Crippen LogP contribution in [0.15, 0.2) is 4.99 Å². The molecule has 2 fully saturated rings. The Morgan fingerprint density at radius 3 is 2.17 bits per heavy atom. The number of hydrogen-bond acceptors (Lipinski definition) is 4. The van der Waals surface area contributed by atoms with Crippen molar-refractivity contribution in [2.75, 3.05) is 58.9 Å². The van der Waals surface area contributed by atoms with E-state index in [4.69, 9.17) is 10.7 Å². The summed E-state index contributed by atoms with van der Waals surface area (Å²) >= 11 is 0. The first kappa shape index (κ1) is 27.4. The number of primary amides is 1. The van der Waals surface area contributed by atoms with Crippen molar-refractivity contribution in [1.29, 1.82) is 0 Å². The van der Waals surface area contributed by atoms with E-state index < -0.39 is 0 Å². The molecule has 0 radical (unpaired) electrons. The van der Waals surface area contributed by atoms with Crippen LogP contribution in [0.1, 0.15) is 58.8 Å². The van der Waals surface area contributed by atoms with Crippen molar-refractivity contribution in [1.82, 2.24) is 20.4 Å². The number of nitrogens with two attached hydrogens (primary N) is 1. The molecule has 0 spiro atoms. The van der Waals surface area contributed by atoms with Crippen molar-refractivity contribution < 1.29 is 4.79 Å². The molecule has 0 aromatic carbocycles. The number of amides is 1. The topological polar surface area (TPSA) is 86.0 Å². The van der Waals surface area contributed by atoms with Gasteiger partial charge in [0.15, 0.2) is 5.96 Å². The minimum atomic E-state index is -0.130. The fourth-order valence-electron chi connectivity index (χ4n) is 4.22. The van der Waals surface area contributed by atoms with Gasteiger partial charge in [0.1, 0.15) is 0 Å². The SMILES string of the molecule is CCNC(=NCCCN1CCC(C)CC1)NCCCCN1CCC(C(N)=O)CC1.I. The lowest BCUT2D eigenvalue weighted by Gasteiger charge is -2.30. The third kappa shape index (κ3) is 11.1. The lowest BCUT2D eigenvalue weighted by Crippen LogP contribution is -2.40. The van der Waals surface area contributed by atoms with Crippen LogP contribution in [0.4, 0.5) is 0 Å². The molecule has 0 unspecified atom stereocenters. The molecule has 0 saturated carbocycles. The van der Waals surface area contributed by atoms with E-state index in [0.29, 0.717) is 0 Å². The summed E-state index contributed by atoms with van der Waals surface area (Å²) in [5, 5.41) is 6.82. The number of guanidine groups is 1. The maximum atomic E-state index is 11.2. The van der Waals surface area contributed by atoms with Gasteiger partial charge in [-0.25, -0.2) is 0 Å². The molecule has 2 saturated heterocycles. The van der Waals surface area contributed by atoms with Crippen molar-refractivity contribution in [3.05, 3.63) is 0 Å². The summed E-state index contributed by atoms with van der Waals surface area (Å²) in [6, 6.07) is 0. The Bertz CT molecular complexity index is 488. The number of nitrogens with one attached hydrogen (secondary N) is 2. The van der Waals surface area contributed by atoms with E-state index in [0.717, 1.165) is 76.8 Å². The molecular formula is C22H45IN6O. The fourth-order valence-corrected chi connectivity index (χ4v) is 4.22. The van der Waals surface area contributed by atoms with Crippen LogP contribution in [0.25, 0.3) is 0 Å². The number of unbranched alkanes of at least 4 members (excludes halogenated alkanes) is 1. The highest BCUT2D eigenvalue weighted by atomic mass is 127. The average Bonchev–Trinajstić information content (AvgIpc) is 2.72. The zero-order valence-electron chi connectivity index (χ0n) is 19.2. The van der Waals surface area contributed by atoms with Gasteiger partial charge in [0.2, 0.25) is 5.91 Å². The van der Waals surface area contributed by atoms with Crippen LogP contribution >= 0.6 is 24.0 Å². The molecule has 8 heteroatoms. The van der Waals surface area contributed by atoms with Gasteiger partial charge in [0, 0.05) is 25.6 Å². The predicted octanol–water partition coefficient (Wildman–Crippen LogP) is 2.26. The highest BCUT2D eigenvalue weighted by Crippen LogP contribution is 2.17. The van der Waals surface area contributed by atoms with Gasteiger partial charge in [0.05, 0.1) is 0 Å². The van der Waals surface area contributed by atoms with E-state index in [1.807, 2.05) is 0 Å². The predicted molar refractivity (Wildman–Crippen MR) is 136 cm³/mol. The van der Waals surface area contributed by atoms with Gasteiger partial charge in [-0.1, -0.05) is 6.92 Å². The number of likely N-dealkylation sites (tertiary alicyclic amines) is 2. The normalized spacial score (nSPS) is 20.0. The average molecular weight is 537 g/mol. The summed E-state index contributed by atoms with van der Waals surface area (Å²) in [6.45, 7) is 14.0. The van der Waals surface area contributed by atoms with E-state index in [1.165, 1.54) is 38.9 Å². The first-order valence-corrected chi connectivity index (χ1v) is 11.8. The van der Waals surface area contributed by atoms with Crippen LogP contribution in [-0.4, -0.2) is 80.6 Å². The molecule has 176 valence electrons. The van der Waals surface area contributed by atoms with E-state index in [9.17, 15) is 4.79 Å². The highest BCUT2D eigenvalue weighted by molar-refractivity contribution is 14.0. The fraction of sp³-hybridized carbons (Fsp3) is 0.909. The number of piperidine rings is 2. The summed E-state index contributed by atoms with van der Waals surface area (Å²) in [7, 11) is 0. The number of hydrogen-bond donors (Lipinski definition) is 3. The molecule has 1 amide bonds. The quantitative estimate of drug-likeness (QED) is 0.163. The van der Waals surface area contributed by atoms with Crippen LogP contribution in [0, 0.1) is 11.8 Å². The second kappa shape index (κ2) is 16.1. The van der Waals surface area contributed by atoms with Gasteiger partial charge in [-0.05, 0) is 97.1 Å². The van der Waals surface area contributed by atoms with E-state index in [2.05, 4.69) is 34.3 Å². The maximum Gasteiger partial charge on any atom is 0.220 e. The molecule has 2 heterocycles. The number of aliphatic imine (C=N–C) groups is 1. The van der Waals surface area contributed by atoms with Gasteiger partial charge < -0.3 is 26.2 Å². The lowest BCUT2D eigenvalue weighted by molar-refractivity contribution is -0.123. The van der Waals surface area contributed by atoms with Gasteiger partial charge in [0.25, 0.3) is 0 Å². The molecule has 0 atom stereocenters. The van der Waals surface area contributed by atoms with E-state index in [-0.39, 0.29) is 35.8 Å². The van der Waals surface area contributed by atoms with Crippen LogP contribution < -0.4 is 16.4 Å². The van der Waals surface area contributed by atoms with E-state index in [1.54, 1.807) is 0 Å². The zero-order valence-corrected chi connectivity index (χ0v) is 21.5. The minimum Gasteiger partial charge on any atom is -0.369 e. The van der Waals surface area contributed by atoms with Crippen molar-refractivity contribution in [3.63, 3.8) is 0 Å². The molecule has 7 nitrogen and oxygen atoms in total. The summed E-state index contributed by atoms with van der Waals surface area (Å²) in [5.74, 6) is 1.80.